The fourth-order valence-electron chi connectivity index (χ4n) is 4.05. The second-order valence-electron chi connectivity index (χ2n) is 7.59. The van der Waals surface area contributed by atoms with E-state index in [-0.39, 0.29) is 30.3 Å². The van der Waals surface area contributed by atoms with E-state index >= 15 is 0 Å². The second kappa shape index (κ2) is 10.1. The molecule has 5 heteroatoms. The minimum Gasteiger partial charge on any atom is -0.497 e. The number of methoxy groups -OCH3 is 1. The van der Waals surface area contributed by atoms with E-state index < -0.39 is 0 Å². The summed E-state index contributed by atoms with van der Waals surface area (Å²) in [6.45, 7) is 2.24. The highest BCUT2D eigenvalue weighted by Crippen LogP contribution is 2.32. The average molecular weight is 395 g/mol. The van der Waals surface area contributed by atoms with Gasteiger partial charge in [0.15, 0.2) is 0 Å². The average Bonchev–Trinajstić information content (AvgIpc) is 3.00. The minimum atomic E-state index is -0.319. The van der Waals surface area contributed by atoms with Crippen LogP contribution in [-0.2, 0) is 9.59 Å². The Morgan fingerprint density at radius 2 is 1.79 bits per heavy atom. The normalized spacial score (nSPS) is 17.9. The van der Waals surface area contributed by atoms with Gasteiger partial charge in [0.1, 0.15) is 5.75 Å². The van der Waals surface area contributed by atoms with E-state index in [4.69, 9.17) is 4.74 Å². The second-order valence-corrected chi connectivity index (χ2v) is 7.59. The summed E-state index contributed by atoms with van der Waals surface area (Å²) in [6.07, 6.45) is 4.46. The fraction of sp³-hybridized carbons (Fsp3) is 0.417. The molecule has 3 rings (SSSR count). The predicted molar refractivity (Wildman–Crippen MR) is 114 cm³/mol. The maximum Gasteiger partial charge on any atom is 0.225 e. The van der Waals surface area contributed by atoms with Crippen LogP contribution in [0.25, 0.3) is 0 Å². The van der Waals surface area contributed by atoms with Crippen molar-refractivity contribution in [3.8, 4) is 5.75 Å². The largest absolute Gasteiger partial charge is 0.497 e. The first-order chi connectivity index (χ1) is 14.1. The Morgan fingerprint density at radius 1 is 1.07 bits per heavy atom. The Morgan fingerprint density at radius 3 is 2.45 bits per heavy atom. The molecule has 1 heterocycles. The number of nitrogens with one attached hydrogen (secondary N) is 1. The molecule has 2 aromatic rings. The number of rotatable bonds is 6. The summed E-state index contributed by atoms with van der Waals surface area (Å²) in [5.41, 5.74) is 2.09. The topological polar surface area (TPSA) is 58.6 Å². The van der Waals surface area contributed by atoms with Crippen LogP contribution in [0.5, 0.6) is 5.75 Å². The van der Waals surface area contributed by atoms with Gasteiger partial charge in [0.05, 0.1) is 25.6 Å². The number of carbonyl (C=O) groups excluding carboxylic acids is 2. The van der Waals surface area contributed by atoms with E-state index in [2.05, 4.69) is 17.4 Å². The van der Waals surface area contributed by atoms with Gasteiger partial charge in [-0.3, -0.25) is 9.59 Å². The smallest absolute Gasteiger partial charge is 0.225 e. The van der Waals surface area contributed by atoms with Crippen LogP contribution in [0.2, 0.25) is 0 Å². The third-order valence-corrected chi connectivity index (χ3v) is 5.53. The fourth-order valence-corrected chi connectivity index (χ4v) is 4.05. The Labute approximate surface area is 173 Å². The Kier molecular flexibility index (Phi) is 7.28. The third kappa shape index (κ3) is 5.59. The number of hydrogen-bond donors (Lipinski definition) is 1. The molecule has 0 aromatic heterocycles. The lowest BCUT2D eigenvalue weighted by molar-refractivity contribution is -0.134. The highest BCUT2D eigenvalue weighted by atomic mass is 16.5. The van der Waals surface area contributed by atoms with Gasteiger partial charge < -0.3 is 15.0 Å². The molecule has 1 aliphatic rings. The van der Waals surface area contributed by atoms with Crippen LogP contribution in [-0.4, -0.2) is 30.4 Å². The number of nitrogens with zero attached hydrogens (tertiary/aromatic N) is 1. The van der Waals surface area contributed by atoms with Gasteiger partial charge >= 0.3 is 0 Å². The van der Waals surface area contributed by atoms with Gasteiger partial charge in [-0.1, -0.05) is 55.3 Å². The molecule has 154 valence electrons. The summed E-state index contributed by atoms with van der Waals surface area (Å²) in [4.78, 5) is 27.1. The van der Waals surface area contributed by atoms with E-state index in [0.717, 1.165) is 49.1 Å². The van der Waals surface area contributed by atoms with Gasteiger partial charge in [0.25, 0.3) is 0 Å². The molecule has 1 saturated heterocycles. The van der Waals surface area contributed by atoms with E-state index in [1.54, 1.807) is 7.11 Å². The molecule has 5 nitrogen and oxygen atoms in total. The maximum atomic E-state index is 13.4. The molecular weight excluding hydrogens is 364 g/mol. The monoisotopic (exact) mass is 394 g/mol. The highest BCUT2D eigenvalue weighted by Gasteiger charge is 2.29. The zero-order valence-electron chi connectivity index (χ0n) is 17.3. The first-order valence-electron chi connectivity index (χ1n) is 10.3. The molecule has 0 unspecified atom stereocenters. The summed E-state index contributed by atoms with van der Waals surface area (Å²) >= 11 is 0. The van der Waals surface area contributed by atoms with Gasteiger partial charge in [0.2, 0.25) is 11.8 Å². The summed E-state index contributed by atoms with van der Waals surface area (Å²) in [5, 5.41) is 2.95. The number of benzene rings is 2. The summed E-state index contributed by atoms with van der Waals surface area (Å²) < 4.78 is 5.27. The van der Waals surface area contributed by atoms with Crippen LogP contribution in [0, 0.1) is 0 Å². The van der Waals surface area contributed by atoms with E-state index in [1.165, 1.54) is 6.92 Å². The van der Waals surface area contributed by atoms with Crippen molar-refractivity contribution in [1.82, 2.24) is 10.2 Å². The molecule has 2 aromatic carbocycles. The number of amides is 2. The summed E-state index contributed by atoms with van der Waals surface area (Å²) in [7, 11) is 1.65. The van der Waals surface area contributed by atoms with E-state index in [9.17, 15) is 9.59 Å². The van der Waals surface area contributed by atoms with Crippen LogP contribution in [0.3, 0.4) is 0 Å². The van der Waals surface area contributed by atoms with Crippen molar-refractivity contribution in [1.29, 1.82) is 0 Å². The van der Waals surface area contributed by atoms with Crippen LogP contribution in [0.4, 0.5) is 0 Å². The molecule has 29 heavy (non-hydrogen) atoms. The third-order valence-electron chi connectivity index (χ3n) is 5.53. The van der Waals surface area contributed by atoms with E-state index in [1.807, 2.05) is 47.4 Å². The number of hydrogen-bond acceptors (Lipinski definition) is 3. The molecule has 1 N–H and O–H groups in total. The summed E-state index contributed by atoms with van der Waals surface area (Å²) in [5.74, 6) is 0.764. The number of likely N-dealkylation sites (tertiary alicyclic amines) is 1. The molecule has 0 radical (unpaired) electrons. The van der Waals surface area contributed by atoms with Crippen molar-refractivity contribution in [2.45, 2.75) is 51.1 Å². The molecule has 0 spiro atoms. The van der Waals surface area contributed by atoms with Crippen LogP contribution in [0.15, 0.2) is 54.6 Å². The zero-order valence-corrected chi connectivity index (χ0v) is 17.3. The first kappa shape index (κ1) is 20.9. The lowest BCUT2D eigenvalue weighted by Crippen LogP contribution is -2.38. The molecule has 2 atom stereocenters. The summed E-state index contributed by atoms with van der Waals surface area (Å²) in [6, 6.07) is 17.5. The SMILES string of the molecule is COc1ccc([C@@H]2CCCCCN2C(=O)C[C@H](NC(C)=O)c2ccccc2)cc1. The Bertz CT molecular complexity index is 805. The van der Waals surface area contributed by atoms with Crippen molar-refractivity contribution in [3.05, 3.63) is 65.7 Å². The molecule has 2 amide bonds. The van der Waals surface area contributed by atoms with Crippen molar-refractivity contribution < 1.29 is 14.3 Å². The Balaban J connectivity index is 1.81. The van der Waals surface area contributed by atoms with Gasteiger partial charge in [0, 0.05) is 13.5 Å². The van der Waals surface area contributed by atoms with E-state index in [0.29, 0.717) is 0 Å². The van der Waals surface area contributed by atoms with Gasteiger partial charge in [-0.2, -0.15) is 0 Å². The number of ether oxygens (including phenoxy) is 1. The quantitative estimate of drug-likeness (QED) is 0.790. The van der Waals surface area contributed by atoms with Crippen molar-refractivity contribution in [2.75, 3.05) is 13.7 Å². The van der Waals surface area contributed by atoms with Crippen molar-refractivity contribution in [3.63, 3.8) is 0 Å². The van der Waals surface area contributed by atoms with Crippen LogP contribution in [0.1, 0.15) is 62.2 Å². The van der Waals surface area contributed by atoms with Crippen LogP contribution < -0.4 is 10.1 Å². The molecular formula is C24H30N2O3. The molecule has 1 fully saturated rings. The van der Waals surface area contributed by atoms with Crippen LogP contribution >= 0.6 is 0 Å². The van der Waals surface area contributed by atoms with Gasteiger partial charge in [-0.05, 0) is 36.1 Å². The lowest BCUT2D eigenvalue weighted by Gasteiger charge is -2.32. The van der Waals surface area contributed by atoms with Gasteiger partial charge in [-0.15, -0.1) is 0 Å². The maximum absolute atomic E-state index is 13.4. The molecule has 0 saturated carbocycles. The van der Waals surface area contributed by atoms with Crippen molar-refractivity contribution in [2.24, 2.45) is 0 Å². The minimum absolute atomic E-state index is 0.0599. The first-order valence-corrected chi connectivity index (χ1v) is 10.3. The van der Waals surface area contributed by atoms with Gasteiger partial charge in [-0.25, -0.2) is 0 Å². The number of carbonyl (C=O) groups is 2. The molecule has 1 aliphatic heterocycles. The standard InChI is InChI=1S/C24H30N2O3/c1-18(27)25-22(19-9-5-3-6-10-19)17-24(28)26-16-8-4-7-11-23(26)20-12-14-21(29-2)15-13-20/h3,5-6,9-10,12-15,22-23H,4,7-8,11,16-17H2,1-2H3,(H,25,27)/t22-,23-/m0/s1. The highest BCUT2D eigenvalue weighted by molar-refractivity contribution is 5.79. The lowest BCUT2D eigenvalue weighted by atomic mass is 9.98. The zero-order chi connectivity index (χ0) is 20.6. The Hall–Kier alpha value is -2.82. The predicted octanol–water partition coefficient (Wildman–Crippen LogP) is 4.41. The molecule has 0 aliphatic carbocycles. The molecule has 0 bridgehead atoms. The van der Waals surface area contributed by atoms with Crippen molar-refractivity contribution >= 4 is 11.8 Å².